The average molecular weight is 356 g/mol. The molecule has 6 nitrogen and oxygen atoms in total. The predicted octanol–water partition coefficient (Wildman–Crippen LogP) is 3.13. The fourth-order valence-electron chi connectivity index (χ4n) is 2.54. The average Bonchev–Trinajstić information content (AvgIpc) is 2.65. The Hall–Kier alpha value is -2.89. The highest BCUT2D eigenvalue weighted by Crippen LogP contribution is 2.29. The molecule has 0 aromatic heterocycles. The van der Waals surface area contributed by atoms with E-state index in [1.807, 2.05) is 32.3 Å². The normalized spacial score (nSPS) is 11.2. The molecule has 0 unspecified atom stereocenters. The summed E-state index contributed by atoms with van der Waals surface area (Å²) in [5.41, 5.74) is 9.28. The lowest BCUT2D eigenvalue weighted by Gasteiger charge is -2.12. The molecule has 0 aliphatic rings. The second-order valence-electron chi connectivity index (χ2n) is 6.13. The van der Waals surface area contributed by atoms with E-state index in [2.05, 4.69) is 39.5 Å². The van der Waals surface area contributed by atoms with Gasteiger partial charge in [0.1, 0.15) is 0 Å². The first-order valence-electron chi connectivity index (χ1n) is 8.58. The number of methoxy groups -OCH3 is 2. The quantitative estimate of drug-likeness (QED) is 0.432. The molecule has 0 atom stereocenters. The Kier molecular flexibility index (Phi) is 7.14. The molecule has 0 amide bonds. The minimum absolute atomic E-state index is 0.389. The number of ether oxygens (including phenoxy) is 2. The molecule has 2 aromatic carbocycles. The van der Waals surface area contributed by atoms with Gasteiger partial charge in [-0.15, -0.1) is 0 Å². The first-order chi connectivity index (χ1) is 12.5. The summed E-state index contributed by atoms with van der Waals surface area (Å²) in [6.45, 7) is 0.668. The molecule has 0 fully saturated rings. The van der Waals surface area contributed by atoms with Gasteiger partial charge in [0.2, 0.25) is 0 Å². The van der Waals surface area contributed by atoms with Gasteiger partial charge in [0, 0.05) is 38.1 Å². The molecule has 0 aliphatic carbocycles. The van der Waals surface area contributed by atoms with Gasteiger partial charge in [0.25, 0.3) is 0 Å². The Morgan fingerprint density at radius 1 is 1.04 bits per heavy atom. The van der Waals surface area contributed by atoms with Crippen LogP contribution in [-0.2, 0) is 6.42 Å². The maximum absolute atomic E-state index is 5.96. The van der Waals surface area contributed by atoms with Crippen molar-refractivity contribution in [2.24, 2.45) is 10.7 Å². The summed E-state index contributed by atoms with van der Waals surface area (Å²) < 4.78 is 10.5. The molecule has 6 heteroatoms. The van der Waals surface area contributed by atoms with Crippen molar-refractivity contribution in [2.75, 3.05) is 45.1 Å². The number of rotatable bonds is 8. The number of nitrogens with two attached hydrogens (primary N) is 1. The summed E-state index contributed by atoms with van der Waals surface area (Å²) in [5, 5.41) is 3.07. The van der Waals surface area contributed by atoms with Crippen LogP contribution in [0.2, 0.25) is 0 Å². The van der Waals surface area contributed by atoms with E-state index >= 15 is 0 Å². The third-order valence-corrected chi connectivity index (χ3v) is 4.01. The van der Waals surface area contributed by atoms with Crippen molar-refractivity contribution in [3.05, 3.63) is 48.0 Å². The molecule has 3 N–H and O–H groups in total. The third kappa shape index (κ3) is 5.58. The molecule has 2 aromatic rings. The fourth-order valence-corrected chi connectivity index (χ4v) is 2.54. The minimum atomic E-state index is 0.389. The van der Waals surface area contributed by atoms with Crippen molar-refractivity contribution in [3.8, 4) is 11.5 Å². The number of nitrogens with one attached hydrogen (secondary N) is 1. The highest BCUT2D eigenvalue weighted by Gasteiger charge is 2.05. The zero-order valence-corrected chi connectivity index (χ0v) is 16.0. The SMILES string of the molecule is COc1ccc(NC(N)=NCCCc2ccc(N(C)C)cc2)cc1OC. The van der Waals surface area contributed by atoms with Gasteiger partial charge < -0.3 is 25.4 Å². The Labute approximate surface area is 155 Å². The third-order valence-electron chi connectivity index (χ3n) is 4.01. The van der Waals surface area contributed by atoms with Gasteiger partial charge in [-0.05, 0) is 42.7 Å². The predicted molar refractivity (Wildman–Crippen MR) is 109 cm³/mol. The topological polar surface area (TPSA) is 72.1 Å². The highest BCUT2D eigenvalue weighted by molar-refractivity contribution is 5.92. The summed E-state index contributed by atoms with van der Waals surface area (Å²) in [6, 6.07) is 14.1. The minimum Gasteiger partial charge on any atom is -0.493 e. The molecular formula is C20H28N4O2. The number of benzene rings is 2. The molecule has 26 heavy (non-hydrogen) atoms. The smallest absolute Gasteiger partial charge is 0.193 e. The first-order valence-corrected chi connectivity index (χ1v) is 8.58. The van der Waals surface area contributed by atoms with Crippen LogP contribution in [0.1, 0.15) is 12.0 Å². The number of nitrogens with zero attached hydrogens (tertiary/aromatic N) is 2. The Morgan fingerprint density at radius 3 is 2.35 bits per heavy atom. The number of aliphatic imine (C=N–C) groups is 1. The van der Waals surface area contributed by atoms with Crippen LogP contribution in [-0.4, -0.2) is 40.8 Å². The molecule has 0 aliphatic heterocycles. The van der Waals surface area contributed by atoms with Gasteiger partial charge >= 0.3 is 0 Å². The van der Waals surface area contributed by atoms with Gasteiger partial charge in [-0.3, -0.25) is 4.99 Å². The summed E-state index contributed by atoms with van der Waals surface area (Å²) in [5.74, 6) is 1.71. The number of hydrogen-bond donors (Lipinski definition) is 2. The van der Waals surface area contributed by atoms with Gasteiger partial charge in [0.05, 0.1) is 14.2 Å². The highest BCUT2D eigenvalue weighted by atomic mass is 16.5. The number of anilines is 2. The first kappa shape index (κ1) is 19.4. The van der Waals surface area contributed by atoms with Crippen LogP contribution in [0.25, 0.3) is 0 Å². The lowest BCUT2D eigenvalue weighted by Crippen LogP contribution is -2.22. The van der Waals surface area contributed by atoms with Crippen LogP contribution in [0.5, 0.6) is 11.5 Å². The van der Waals surface area contributed by atoms with Gasteiger partial charge in [-0.25, -0.2) is 0 Å². The van der Waals surface area contributed by atoms with Crippen molar-refractivity contribution in [3.63, 3.8) is 0 Å². The van der Waals surface area contributed by atoms with Crippen LogP contribution < -0.4 is 25.4 Å². The fraction of sp³-hybridized carbons (Fsp3) is 0.350. The second kappa shape index (κ2) is 9.56. The van der Waals surface area contributed by atoms with E-state index in [4.69, 9.17) is 15.2 Å². The van der Waals surface area contributed by atoms with Gasteiger partial charge in [-0.2, -0.15) is 0 Å². The van der Waals surface area contributed by atoms with Crippen molar-refractivity contribution in [1.82, 2.24) is 0 Å². The molecule has 0 radical (unpaired) electrons. The zero-order chi connectivity index (χ0) is 18.9. The van der Waals surface area contributed by atoms with Crippen LogP contribution in [0.15, 0.2) is 47.5 Å². The lowest BCUT2D eigenvalue weighted by molar-refractivity contribution is 0.355. The van der Waals surface area contributed by atoms with Gasteiger partial charge in [0.15, 0.2) is 17.5 Å². The molecule has 0 saturated heterocycles. The van der Waals surface area contributed by atoms with E-state index in [1.165, 1.54) is 11.3 Å². The molecule has 0 heterocycles. The van der Waals surface area contributed by atoms with E-state index in [9.17, 15) is 0 Å². The van der Waals surface area contributed by atoms with E-state index in [0.29, 0.717) is 24.0 Å². The summed E-state index contributed by atoms with van der Waals surface area (Å²) >= 11 is 0. The number of aryl methyl sites for hydroxylation is 1. The summed E-state index contributed by atoms with van der Waals surface area (Å²) in [6.07, 6.45) is 1.91. The molecule has 0 spiro atoms. The Morgan fingerprint density at radius 2 is 1.73 bits per heavy atom. The lowest BCUT2D eigenvalue weighted by atomic mass is 10.1. The maximum atomic E-state index is 5.96. The van der Waals surface area contributed by atoms with Crippen LogP contribution in [0.4, 0.5) is 11.4 Å². The second-order valence-corrected chi connectivity index (χ2v) is 6.13. The van der Waals surface area contributed by atoms with Gasteiger partial charge in [-0.1, -0.05) is 12.1 Å². The maximum Gasteiger partial charge on any atom is 0.193 e. The van der Waals surface area contributed by atoms with Crippen LogP contribution in [0, 0.1) is 0 Å². The molecule has 140 valence electrons. The monoisotopic (exact) mass is 356 g/mol. The van der Waals surface area contributed by atoms with E-state index in [1.54, 1.807) is 14.2 Å². The van der Waals surface area contributed by atoms with Crippen molar-refractivity contribution < 1.29 is 9.47 Å². The molecular weight excluding hydrogens is 328 g/mol. The molecule has 0 saturated carbocycles. The Balaban J connectivity index is 1.83. The number of guanidine groups is 1. The standard InChI is InChI=1S/C20H28N4O2/c1-24(2)17-10-7-15(8-11-17)6-5-13-22-20(21)23-16-9-12-18(25-3)19(14-16)26-4/h7-12,14H,5-6,13H2,1-4H3,(H3,21,22,23). The van der Waals surface area contributed by atoms with Crippen molar-refractivity contribution in [2.45, 2.75) is 12.8 Å². The largest absolute Gasteiger partial charge is 0.493 e. The summed E-state index contributed by atoms with van der Waals surface area (Å²) in [7, 11) is 7.29. The van der Waals surface area contributed by atoms with E-state index in [-0.39, 0.29) is 0 Å². The molecule has 2 rings (SSSR count). The van der Waals surface area contributed by atoms with E-state index in [0.717, 1.165) is 18.5 Å². The number of hydrogen-bond acceptors (Lipinski definition) is 4. The van der Waals surface area contributed by atoms with Crippen molar-refractivity contribution in [1.29, 1.82) is 0 Å². The van der Waals surface area contributed by atoms with Crippen LogP contribution in [0.3, 0.4) is 0 Å². The Bertz CT molecular complexity index is 727. The van der Waals surface area contributed by atoms with Crippen molar-refractivity contribution >= 4 is 17.3 Å². The zero-order valence-electron chi connectivity index (χ0n) is 16.0. The van der Waals surface area contributed by atoms with E-state index < -0.39 is 0 Å². The van der Waals surface area contributed by atoms with Crippen LogP contribution >= 0.6 is 0 Å². The summed E-state index contributed by atoms with van der Waals surface area (Å²) in [4.78, 5) is 6.47. The molecule has 0 bridgehead atoms.